The van der Waals surface area contributed by atoms with Crippen LogP contribution in [-0.2, 0) is 0 Å². The molecule has 1 aliphatic rings. The van der Waals surface area contributed by atoms with Gasteiger partial charge in [-0.05, 0) is 37.0 Å². The van der Waals surface area contributed by atoms with Crippen LogP contribution in [0, 0.1) is 11.7 Å². The summed E-state index contributed by atoms with van der Waals surface area (Å²) < 4.78 is 53.2. The van der Waals surface area contributed by atoms with Crippen LogP contribution in [0.1, 0.15) is 43.5 Å². The molecule has 2 rings (SSSR count). The molecule has 1 atom stereocenters. The highest BCUT2D eigenvalue weighted by molar-refractivity contribution is 5.98. The topological polar surface area (TPSA) is 52.9 Å². The van der Waals surface area contributed by atoms with Crippen molar-refractivity contribution < 1.29 is 27.5 Å². The zero-order chi connectivity index (χ0) is 18.1. The van der Waals surface area contributed by atoms with Gasteiger partial charge in [-0.1, -0.05) is 19.9 Å². The Morgan fingerprint density at radius 2 is 2.08 bits per heavy atom. The van der Waals surface area contributed by atoms with E-state index in [4.69, 9.17) is 0 Å². The number of benzene rings is 1. The van der Waals surface area contributed by atoms with E-state index in [9.17, 15) is 27.5 Å². The molecule has 8 heteroatoms. The normalized spacial score (nSPS) is 21.3. The Labute approximate surface area is 136 Å². The molecule has 24 heavy (non-hydrogen) atoms. The summed E-state index contributed by atoms with van der Waals surface area (Å²) in [6.45, 7) is 3.81. The van der Waals surface area contributed by atoms with Gasteiger partial charge in [0.15, 0.2) is 0 Å². The van der Waals surface area contributed by atoms with Crippen molar-refractivity contribution >= 4 is 11.6 Å². The third-order valence-electron chi connectivity index (χ3n) is 3.77. The average Bonchev–Trinajstić information content (AvgIpc) is 2.82. The molecule has 1 amide bonds. The molecule has 0 unspecified atom stereocenters. The largest absolute Gasteiger partial charge is 0.438 e. The van der Waals surface area contributed by atoms with Gasteiger partial charge in [0.25, 0.3) is 11.6 Å². The maximum absolute atomic E-state index is 13.3. The fourth-order valence-electron chi connectivity index (χ4n) is 2.39. The minimum Gasteiger partial charge on any atom is -0.362 e. The lowest BCUT2D eigenvalue weighted by molar-refractivity contribution is -0.297. The molecule has 0 saturated heterocycles. The first-order valence-corrected chi connectivity index (χ1v) is 7.50. The lowest BCUT2D eigenvalue weighted by atomic mass is 9.99. The molecule has 0 saturated carbocycles. The summed E-state index contributed by atoms with van der Waals surface area (Å²) in [4.78, 5) is 12.3. The van der Waals surface area contributed by atoms with Crippen LogP contribution in [-0.4, -0.2) is 33.6 Å². The van der Waals surface area contributed by atoms with Crippen LogP contribution in [0.15, 0.2) is 29.4 Å². The van der Waals surface area contributed by atoms with Crippen molar-refractivity contribution in [1.82, 2.24) is 5.01 Å². The van der Waals surface area contributed by atoms with E-state index in [0.717, 1.165) is 12.1 Å². The number of hydrazone groups is 1. The number of aliphatic hydroxyl groups is 1. The molecule has 0 aliphatic carbocycles. The Bertz CT molecular complexity index is 658. The van der Waals surface area contributed by atoms with Gasteiger partial charge in [0.1, 0.15) is 5.82 Å². The standard InChI is InChI=1S/C16H18F4N2O2/c1-10(2)6-7-13-9-15(24,16(18,19)20)22(21-13)14(23)11-4-3-5-12(17)8-11/h3-5,8,10,24H,6-7,9H2,1-2H3/t15-/m1/s1. The van der Waals surface area contributed by atoms with Gasteiger partial charge in [0, 0.05) is 17.7 Å². The van der Waals surface area contributed by atoms with E-state index in [-0.39, 0.29) is 28.6 Å². The van der Waals surface area contributed by atoms with Crippen LogP contribution in [0.4, 0.5) is 17.6 Å². The molecule has 0 spiro atoms. The number of alkyl halides is 3. The molecule has 1 N–H and O–H groups in total. The summed E-state index contributed by atoms with van der Waals surface area (Å²) in [6.07, 6.45) is -5.07. The summed E-state index contributed by atoms with van der Waals surface area (Å²) >= 11 is 0. The highest BCUT2D eigenvalue weighted by Gasteiger charge is 2.63. The van der Waals surface area contributed by atoms with E-state index in [0.29, 0.717) is 6.42 Å². The first-order valence-electron chi connectivity index (χ1n) is 7.50. The molecule has 4 nitrogen and oxygen atoms in total. The molecule has 1 aromatic rings. The number of halogens is 4. The minimum atomic E-state index is -5.08. The summed E-state index contributed by atoms with van der Waals surface area (Å²) in [6, 6.07) is 4.24. The average molecular weight is 346 g/mol. The van der Waals surface area contributed by atoms with Crippen LogP contribution >= 0.6 is 0 Å². The fraction of sp³-hybridized carbons (Fsp3) is 0.500. The maximum atomic E-state index is 13.3. The second-order valence-electron chi connectivity index (χ2n) is 6.22. The van der Waals surface area contributed by atoms with E-state index in [2.05, 4.69) is 5.10 Å². The molecule has 0 fully saturated rings. The van der Waals surface area contributed by atoms with E-state index >= 15 is 0 Å². The van der Waals surface area contributed by atoms with Gasteiger partial charge in [0.2, 0.25) is 0 Å². The van der Waals surface area contributed by atoms with E-state index in [1.807, 2.05) is 13.8 Å². The monoisotopic (exact) mass is 346 g/mol. The quantitative estimate of drug-likeness (QED) is 0.845. The second-order valence-corrected chi connectivity index (χ2v) is 6.22. The van der Waals surface area contributed by atoms with Gasteiger partial charge in [-0.25, -0.2) is 4.39 Å². The third-order valence-corrected chi connectivity index (χ3v) is 3.77. The number of hydrogen-bond acceptors (Lipinski definition) is 3. The highest BCUT2D eigenvalue weighted by atomic mass is 19.4. The second kappa shape index (κ2) is 6.51. The first-order chi connectivity index (χ1) is 11.0. The number of rotatable bonds is 4. The van der Waals surface area contributed by atoms with Crippen molar-refractivity contribution in [2.24, 2.45) is 11.0 Å². The van der Waals surface area contributed by atoms with Gasteiger partial charge in [0.05, 0.1) is 0 Å². The van der Waals surface area contributed by atoms with Crippen molar-refractivity contribution in [2.75, 3.05) is 0 Å². The number of amides is 1. The van der Waals surface area contributed by atoms with E-state index in [1.54, 1.807) is 0 Å². The number of nitrogens with zero attached hydrogens (tertiary/aromatic N) is 2. The Hall–Kier alpha value is -1.96. The van der Waals surface area contributed by atoms with Gasteiger partial charge >= 0.3 is 6.18 Å². The molecule has 1 heterocycles. The molecule has 1 aromatic carbocycles. The lowest BCUT2D eigenvalue weighted by Gasteiger charge is -2.32. The van der Waals surface area contributed by atoms with Crippen molar-refractivity contribution in [3.8, 4) is 0 Å². The van der Waals surface area contributed by atoms with Crippen LogP contribution in [0.2, 0.25) is 0 Å². The Morgan fingerprint density at radius 1 is 1.42 bits per heavy atom. The zero-order valence-corrected chi connectivity index (χ0v) is 13.3. The Morgan fingerprint density at radius 3 is 2.62 bits per heavy atom. The van der Waals surface area contributed by atoms with Gasteiger partial charge in [-0.15, -0.1) is 0 Å². The summed E-state index contributed by atoms with van der Waals surface area (Å²) in [7, 11) is 0. The first kappa shape index (κ1) is 18.4. The fourth-order valence-corrected chi connectivity index (χ4v) is 2.39. The predicted octanol–water partition coefficient (Wildman–Crippen LogP) is 3.71. The molecular formula is C16H18F4N2O2. The van der Waals surface area contributed by atoms with Crippen LogP contribution in [0.3, 0.4) is 0 Å². The molecule has 0 aromatic heterocycles. The zero-order valence-electron chi connectivity index (χ0n) is 13.3. The number of carbonyl (C=O) groups is 1. The van der Waals surface area contributed by atoms with Crippen molar-refractivity contribution in [1.29, 1.82) is 0 Å². The number of carbonyl (C=O) groups excluding carboxylic acids is 1. The highest BCUT2D eigenvalue weighted by Crippen LogP contribution is 2.41. The van der Waals surface area contributed by atoms with Gasteiger partial charge < -0.3 is 5.11 Å². The van der Waals surface area contributed by atoms with E-state index in [1.165, 1.54) is 12.1 Å². The minimum absolute atomic E-state index is 0.0252. The van der Waals surface area contributed by atoms with Crippen LogP contribution in [0.25, 0.3) is 0 Å². The van der Waals surface area contributed by atoms with Gasteiger partial charge in [-0.3, -0.25) is 4.79 Å². The smallest absolute Gasteiger partial charge is 0.362 e. The van der Waals surface area contributed by atoms with Crippen molar-refractivity contribution in [3.63, 3.8) is 0 Å². The predicted molar refractivity (Wildman–Crippen MR) is 79.7 cm³/mol. The van der Waals surface area contributed by atoms with Gasteiger partial charge in [-0.2, -0.15) is 23.3 Å². The summed E-state index contributed by atoms with van der Waals surface area (Å²) in [5.41, 5.74) is -3.64. The van der Waals surface area contributed by atoms with Crippen molar-refractivity contribution in [3.05, 3.63) is 35.6 Å². The SMILES string of the molecule is CC(C)CCC1=NN(C(=O)c2cccc(F)c2)[C@](O)(C(F)(F)F)C1. The summed E-state index contributed by atoms with van der Waals surface area (Å²) in [5.74, 6) is -1.73. The Kier molecular flexibility index (Phi) is 4.98. The summed E-state index contributed by atoms with van der Waals surface area (Å²) in [5, 5.41) is 13.8. The molecular weight excluding hydrogens is 328 g/mol. The molecule has 1 aliphatic heterocycles. The van der Waals surface area contributed by atoms with Crippen LogP contribution < -0.4 is 0 Å². The molecule has 132 valence electrons. The Balaban J connectivity index is 2.35. The number of hydrogen-bond donors (Lipinski definition) is 1. The van der Waals surface area contributed by atoms with Crippen LogP contribution in [0.5, 0.6) is 0 Å². The molecule has 0 radical (unpaired) electrons. The molecule has 0 bridgehead atoms. The third kappa shape index (κ3) is 3.58. The van der Waals surface area contributed by atoms with E-state index < -0.39 is 30.0 Å². The van der Waals surface area contributed by atoms with Crippen molar-refractivity contribution in [2.45, 2.75) is 45.0 Å². The maximum Gasteiger partial charge on any atom is 0.438 e. The lowest BCUT2D eigenvalue weighted by Crippen LogP contribution is -2.56.